The molecule has 27 heavy (non-hydrogen) atoms. The Hall–Kier alpha value is -2.80. The van der Waals surface area contributed by atoms with Gasteiger partial charge in [-0.3, -0.25) is 4.79 Å². The molecule has 0 unspecified atom stereocenters. The van der Waals surface area contributed by atoms with Crippen molar-refractivity contribution in [2.24, 2.45) is 0 Å². The molecule has 0 aliphatic heterocycles. The maximum Gasteiger partial charge on any atom is 0.417 e. The molecule has 8 heteroatoms. The minimum absolute atomic E-state index is 0.0468. The number of aryl methyl sites for hydroxylation is 2. The Morgan fingerprint density at radius 2 is 1.70 bits per heavy atom. The molecule has 0 saturated heterocycles. The number of hydrogen-bond acceptors (Lipinski definition) is 3. The highest BCUT2D eigenvalue weighted by atomic mass is 35.5. The molecule has 0 bridgehead atoms. The third kappa shape index (κ3) is 5.10. The normalized spacial score (nSPS) is 11.4. The molecule has 140 valence electrons. The number of H-pyrrole nitrogens is 1. The topological polar surface area (TPSA) is 55.0 Å². The molecule has 0 atom stereocenters. The third-order valence-electron chi connectivity index (χ3n) is 3.78. The van der Waals surface area contributed by atoms with Gasteiger partial charge in [0.2, 0.25) is 0 Å². The van der Waals surface area contributed by atoms with E-state index in [-0.39, 0.29) is 16.3 Å². The molecule has 0 radical (unpaired) electrons. The lowest BCUT2D eigenvalue weighted by Crippen LogP contribution is -2.09. The molecule has 1 aromatic heterocycles. The summed E-state index contributed by atoms with van der Waals surface area (Å²) in [6.45, 7) is 0. The zero-order valence-electron chi connectivity index (χ0n) is 13.9. The number of alkyl halides is 3. The van der Waals surface area contributed by atoms with Gasteiger partial charge in [0.05, 0.1) is 10.6 Å². The van der Waals surface area contributed by atoms with Gasteiger partial charge in [0.15, 0.2) is 0 Å². The second-order valence-corrected chi connectivity index (χ2v) is 6.17. The van der Waals surface area contributed by atoms with Crippen LogP contribution in [0.4, 0.5) is 13.2 Å². The Morgan fingerprint density at radius 1 is 1.00 bits per heavy atom. The number of rotatable bonds is 5. The standard InChI is InChI=1S/C19H14ClF3N2O2/c20-16-7-6-14(11-15(16)19(21,22)23)27-13-4-1-12(2-5-13)3-8-17-24-10-9-18(26)25-17/h1-2,4-7,9-11H,3,8H2,(H,24,25,26). The summed E-state index contributed by atoms with van der Waals surface area (Å²) in [6.07, 6.45) is -1.89. The van der Waals surface area contributed by atoms with Gasteiger partial charge in [-0.1, -0.05) is 23.7 Å². The molecule has 0 spiro atoms. The number of aromatic nitrogens is 2. The molecule has 3 rings (SSSR count). The fourth-order valence-electron chi connectivity index (χ4n) is 2.45. The quantitative estimate of drug-likeness (QED) is 0.661. The first-order valence-electron chi connectivity index (χ1n) is 7.99. The van der Waals surface area contributed by atoms with Crippen LogP contribution in [0.25, 0.3) is 0 Å². The van der Waals surface area contributed by atoms with Crippen LogP contribution >= 0.6 is 11.6 Å². The lowest BCUT2D eigenvalue weighted by Gasteiger charge is -2.12. The van der Waals surface area contributed by atoms with E-state index in [9.17, 15) is 18.0 Å². The lowest BCUT2D eigenvalue weighted by molar-refractivity contribution is -0.137. The molecular formula is C19H14ClF3N2O2. The van der Waals surface area contributed by atoms with Gasteiger partial charge in [0, 0.05) is 18.7 Å². The van der Waals surface area contributed by atoms with Crippen molar-refractivity contribution in [3.05, 3.63) is 87.1 Å². The first-order valence-corrected chi connectivity index (χ1v) is 8.37. The van der Waals surface area contributed by atoms with Crippen LogP contribution in [0.5, 0.6) is 11.5 Å². The SMILES string of the molecule is O=c1ccnc(CCc2ccc(Oc3ccc(Cl)c(C(F)(F)F)c3)cc2)[nH]1. The van der Waals surface area contributed by atoms with E-state index in [0.29, 0.717) is 24.4 Å². The van der Waals surface area contributed by atoms with Crippen molar-refractivity contribution < 1.29 is 17.9 Å². The van der Waals surface area contributed by atoms with Gasteiger partial charge in [-0.15, -0.1) is 0 Å². The highest BCUT2D eigenvalue weighted by Crippen LogP contribution is 2.37. The molecule has 3 aromatic rings. The van der Waals surface area contributed by atoms with Crippen LogP contribution in [0.1, 0.15) is 17.0 Å². The lowest BCUT2D eigenvalue weighted by atomic mass is 10.1. The van der Waals surface area contributed by atoms with Crippen LogP contribution in [-0.4, -0.2) is 9.97 Å². The van der Waals surface area contributed by atoms with E-state index in [4.69, 9.17) is 16.3 Å². The summed E-state index contributed by atoms with van der Waals surface area (Å²) in [5.74, 6) is 1.04. The van der Waals surface area contributed by atoms with Crippen LogP contribution < -0.4 is 10.3 Å². The number of ether oxygens (including phenoxy) is 1. The number of aromatic amines is 1. The van der Waals surface area contributed by atoms with Crippen molar-refractivity contribution in [3.8, 4) is 11.5 Å². The highest BCUT2D eigenvalue weighted by molar-refractivity contribution is 6.31. The second-order valence-electron chi connectivity index (χ2n) is 5.77. The fraction of sp³-hybridized carbons (Fsp3) is 0.158. The largest absolute Gasteiger partial charge is 0.457 e. The number of hydrogen-bond donors (Lipinski definition) is 1. The van der Waals surface area contributed by atoms with Gasteiger partial charge >= 0.3 is 6.18 Å². The third-order valence-corrected chi connectivity index (χ3v) is 4.11. The van der Waals surface area contributed by atoms with Gasteiger partial charge in [0.1, 0.15) is 17.3 Å². The fourth-order valence-corrected chi connectivity index (χ4v) is 2.67. The Morgan fingerprint density at radius 3 is 2.37 bits per heavy atom. The molecule has 0 fully saturated rings. The molecule has 1 N–H and O–H groups in total. The Balaban J connectivity index is 1.66. The van der Waals surface area contributed by atoms with E-state index >= 15 is 0 Å². The molecule has 1 heterocycles. The van der Waals surface area contributed by atoms with E-state index in [0.717, 1.165) is 17.7 Å². The molecule has 0 aliphatic carbocycles. The average Bonchev–Trinajstić information content (AvgIpc) is 2.62. The summed E-state index contributed by atoms with van der Waals surface area (Å²) < 4.78 is 44.2. The monoisotopic (exact) mass is 394 g/mol. The summed E-state index contributed by atoms with van der Waals surface area (Å²) in [5, 5.41) is -0.377. The summed E-state index contributed by atoms with van der Waals surface area (Å²) >= 11 is 5.60. The molecular weight excluding hydrogens is 381 g/mol. The minimum atomic E-state index is -4.55. The van der Waals surface area contributed by atoms with Gasteiger partial charge in [-0.2, -0.15) is 13.2 Å². The smallest absolute Gasteiger partial charge is 0.417 e. The zero-order valence-corrected chi connectivity index (χ0v) is 14.6. The van der Waals surface area contributed by atoms with E-state index in [2.05, 4.69) is 9.97 Å². The van der Waals surface area contributed by atoms with Crippen molar-refractivity contribution in [2.75, 3.05) is 0 Å². The summed E-state index contributed by atoms with van der Waals surface area (Å²) in [6, 6.07) is 11.7. The van der Waals surface area contributed by atoms with E-state index < -0.39 is 11.7 Å². The molecule has 4 nitrogen and oxygen atoms in total. The van der Waals surface area contributed by atoms with Gasteiger partial charge in [-0.05, 0) is 42.3 Å². The van der Waals surface area contributed by atoms with Crippen LogP contribution in [-0.2, 0) is 19.0 Å². The maximum absolute atomic E-state index is 12.9. The zero-order chi connectivity index (χ0) is 19.4. The van der Waals surface area contributed by atoms with Crippen LogP contribution in [0, 0.1) is 0 Å². The van der Waals surface area contributed by atoms with E-state index in [1.807, 2.05) is 0 Å². The Kier molecular flexibility index (Phi) is 5.51. The van der Waals surface area contributed by atoms with Crippen LogP contribution in [0.15, 0.2) is 59.5 Å². The van der Waals surface area contributed by atoms with E-state index in [1.54, 1.807) is 24.3 Å². The Bertz CT molecular complexity index is 985. The van der Waals surface area contributed by atoms with Crippen LogP contribution in [0.3, 0.4) is 0 Å². The van der Waals surface area contributed by atoms with Crippen molar-refractivity contribution in [1.29, 1.82) is 0 Å². The van der Waals surface area contributed by atoms with Gasteiger partial charge < -0.3 is 9.72 Å². The first kappa shape index (κ1) is 19.0. The predicted molar refractivity (Wildman–Crippen MR) is 95.2 cm³/mol. The second kappa shape index (κ2) is 7.84. The minimum Gasteiger partial charge on any atom is -0.457 e. The molecule has 0 saturated carbocycles. The van der Waals surface area contributed by atoms with Crippen molar-refractivity contribution in [1.82, 2.24) is 9.97 Å². The first-order chi connectivity index (χ1) is 12.8. The van der Waals surface area contributed by atoms with Crippen molar-refractivity contribution >= 4 is 11.6 Å². The summed E-state index contributed by atoms with van der Waals surface area (Å²) in [5.41, 5.74) is -0.173. The van der Waals surface area contributed by atoms with Crippen molar-refractivity contribution in [2.45, 2.75) is 19.0 Å². The molecule has 0 aliphatic rings. The van der Waals surface area contributed by atoms with Gasteiger partial charge in [-0.25, -0.2) is 4.98 Å². The summed E-state index contributed by atoms with van der Waals surface area (Å²) in [7, 11) is 0. The molecule has 2 aromatic carbocycles. The number of nitrogens with zero attached hydrogens (tertiary/aromatic N) is 1. The van der Waals surface area contributed by atoms with Crippen molar-refractivity contribution in [3.63, 3.8) is 0 Å². The number of nitrogens with one attached hydrogen (secondary N) is 1. The average molecular weight is 395 g/mol. The number of halogens is 4. The predicted octanol–water partition coefficient (Wildman–Crippen LogP) is 5.02. The highest BCUT2D eigenvalue weighted by Gasteiger charge is 2.33. The maximum atomic E-state index is 12.9. The van der Waals surface area contributed by atoms with Gasteiger partial charge in [0.25, 0.3) is 5.56 Å². The van der Waals surface area contributed by atoms with E-state index in [1.165, 1.54) is 18.3 Å². The summed E-state index contributed by atoms with van der Waals surface area (Å²) in [4.78, 5) is 18.0. The number of benzene rings is 2. The molecule has 0 amide bonds. The Labute approximate surface area is 157 Å². The van der Waals surface area contributed by atoms with Crippen LogP contribution in [0.2, 0.25) is 5.02 Å².